The van der Waals surface area contributed by atoms with Crippen LogP contribution in [0.15, 0.2) is 24.3 Å². The Balaban J connectivity index is 2.52. The molecule has 1 atom stereocenters. The molecule has 1 rings (SSSR count). The molecule has 0 saturated heterocycles. The number of hydrogen-bond donors (Lipinski definition) is 1. The molecule has 1 aromatic carbocycles. The van der Waals surface area contributed by atoms with Gasteiger partial charge in [0.1, 0.15) is 5.75 Å². The van der Waals surface area contributed by atoms with Gasteiger partial charge < -0.3 is 15.2 Å². The summed E-state index contributed by atoms with van der Waals surface area (Å²) in [4.78, 5) is 11.0. The smallest absolute Gasteiger partial charge is 0.305 e. The average Bonchev–Trinajstić information content (AvgIpc) is 2.35. The Hall–Kier alpha value is -1.55. The van der Waals surface area contributed by atoms with Gasteiger partial charge in [-0.15, -0.1) is 0 Å². The Morgan fingerprint density at radius 2 is 1.94 bits per heavy atom. The predicted molar refractivity (Wildman–Crippen MR) is 61.2 cm³/mol. The first-order valence-electron chi connectivity index (χ1n) is 5.13. The molecule has 0 saturated carbocycles. The lowest BCUT2D eigenvalue weighted by Crippen LogP contribution is -2.12. The minimum Gasteiger partial charge on any atom is -0.497 e. The topological polar surface area (TPSA) is 61.5 Å². The van der Waals surface area contributed by atoms with Gasteiger partial charge in [0.2, 0.25) is 0 Å². The highest BCUT2D eigenvalue weighted by Gasteiger charge is 2.09. The molecule has 0 bridgehead atoms. The van der Waals surface area contributed by atoms with E-state index >= 15 is 0 Å². The molecule has 1 aromatic rings. The highest BCUT2D eigenvalue weighted by atomic mass is 16.5. The number of nitrogens with two attached hydrogens (primary N) is 1. The van der Waals surface area contributed by atoms with Gasteiger partial charge in [-0.2, -0.15) is 0 Å². The third-order valence-corrected chi connectivity index (χ3v) is 2.43. The van der Waals surface area contributed by atoms with Gasteiger partial charge in [-0.1, -0.05) is 12.1 Å². The van der Waals surface area contributed by atoms with Crippen molar-refractivity contribution in [2.24, 2.45) is 5.73 Å². The van der Waals surface area contributed by atoms with Crippen LogP contribution < -0.4 is 10.5 Å². The van der Waals surface area contributed by atoms with Crippen LogP contribution in [0.5, 0.6) is 5.75 Å². The second kappa shape index (κ2) is 6.12. The number of methoxy groups -OCH3 is 2. The molecule has 16 heavy (non-hydrogen) atoms. The summed E-state index contributed by atoms with van der Waals surface area (Å²) < 4.78 is 9.61. The van der Waals surface area contributed by atoms with Crippen LogP contribution in [0.4, 0.5) is 0 Å². The molecule has 0 aromatic heterocycles. The maximum atomic E-state index is 11.0. The number of esters is 1. The van der Waals surface area contributed by atoms with E-state index in [1.165, 1.54) is 7.11 Å². The lowest BCUT2D eigenvalue weighted by molar-refractivity contribution is -0.140. The Morgan fingerprint density at radius 3 is 2.44 bits per heavy atom. The van der Waals surface area contributed by atoms with Crippen molar-refractivity contribution in [2.45, 2.75) is 18.9 Å². The fourth-order valence-corrected chi connectivity index (χ4v) is 1.39. The summed E-state index contributed by atoms with van der Waals surface area (Å²) in [6.45, 7) is 0. The molecule has 88 valence electrons. The average molecular weight is 223 g/mol. The Kier molecular flexibility index (Phi) is 4.79. The minimum absolute atomic E-state index is 0.148. The summed E-state index contributed by atoms with van der Waals surface area (Å²) in [5, 5.41) is 0. The normalized spacial score (nSPS) is 11.9. The summed E-state index contributed by atoms with van der Waals surface area (Å²) in [6.07, 6.45) is 0.919. The second-order valence-electron chi connectivity index (χ2n) is 3.49. The van der Waals surface area contributed by atoms with Gasteiger partial charge in [0.25, 0.3) is 0 Å². The van der Waals surface area contributed by atoms with E-state index in [1.807, 2.05) is 24.3 Å². The monoisotopic (exact) mass is 223 g/mol. The quantitative estimate of drug-likeness (QED) is 0.771. The summed E-state index contributed by atoms with van der Waals surface area (Å²) in [5.74, 6) is 0.563. The van der Waals surface area contributed by atoms with Crippen molar-refractivity contribution in [1.29, 1.82) is 0 Å². The van der Waals surface area contributed by atoms with E-state index in [0.29, 0.717) is 12.8 Å². The van der Waals surface area contributed by atoms with Crippen molar-refractivity contribution in [1.82, 2.24) is 0 Å². The molecule has 0 heterocycles. The first kappa shape index (κ1) is 12.5. The minimum atomic E-state index is -0.232. The van der Waals surface area contributed by atoms with Crippen molar-refractivity contribution < 1.29 is 14.3 Å². The van der Waals surface area contributed by atoms with Crippen LogP contribution in [-0.4, -0.2) is 20.2 Å². The fourth-order valence-electron chi connectivity index (χ4n) is 1.39. The first-order chi connectivity index (χ1) is 7.67. The zero-order chi connectivity index (χ0) is 12.0. The number of benzene rings is 1. The van der Waals surface area contributed by atoms with Crippen molar-refractivity contribution in [3.8, 4) is 5.75 Å². The number of ether oxygens (including phenoxy) is 2. The van der Waals surface area contributed by atoms with E-state index in [9.17, 15) is 4.79 Å². The van der Waals surface area contributed by atoms with Crippen LogP contribution in [0.25, 0.3) is 0 Å². The summed E-state index contributed by atoms with van der Waals surface area (Å²) in [6, 6.07) is 7.37. The molecule has 4 nitrogen and oxygen atoms in total. The molecule has 0 amide bonds. The van der Waals surface area contributed by atoms with Crippen molar-refractivity contribution in [3.05, 3.63) is 29.8 Å². The molecule has 0 spiro atoms. The molecule has 0 aliphatic carbocycles. The van der Waals surface area contributed by atoms with Crippen LogP contribution in [0.3, 0.4) is 0 Å². The summed E-state index contributed by atoms with van der Waals surface area (Å²) >= 11 is 0. The van der Waals surface area contributed by atoms with E-state index in [1.54, 1.807) is 7.11 Å². The molecule has 0 fully saturated rings. The van der Waals surface area contributed by atoms with Gasteiger partial charge in [0, 0.05) is 12.5 Å². The van der Waals surface area contributed by atoms with Crippen LogP contribution in [-0.2, 0) is 9.53 Å². The van der Waals surface area contributed by atoms with Gasteiger partial charge in [-0.05, 0) is 24.1 Å². The zero-order valence-corrected chi connectivity index (χ0v) is 9.60. The second-order valence-corrected chi connectivity index (χ2v) is 3.49. The maximum Gasteiger partial charge on any atom is 0.305 e. The van der Waals surface area contributed by atoms with Gasteiger partial charge in [0.05, 0.1) is 14.2 Å². The molecule has 4 heteroatoms. The Morgan fingerprint density at radius 1 is 1.31 bits per heavy atom. The number of hydrogen-bond acceptors (Lipinski definition) is 4. The fraction of sp³-hybridized carbons (Fsp3) is 0.417. The third kappa shape index (κ3) is 3.55. The molecule has 0 aliphatic heterocycles. The van der Waals surface area contributed by atoms with E-state index in [2.05, 4.69) is 4.74 Å². The summed E-state index contributed by atoms with van der Waals surface area (Å²) in [7, 11) is 2.99. The van der Waals surface area contributed by atoms with Crippen LogP contribution in [0.1, 0.15) is 24.4 Å². The lowest BCUT2D eigenvalue weighted by atomic mass is 10.0. The van der Waals surface area contributed by atoms with Crippen molar-refractivity contribution >= 4 is 5.97 Å². The molecular weight excluding hydrogens is 206 g/mol. The Labute approximate surface area is 95.3 Å². The lowest BCUT2D eigenvalue weighted by Gasteiger charge is -2.11. The number of carbonyl (C=O) groups is 1. The largest absolute Gasteiger partial charge is 0.497 e. The summed E-state index contributed by atoms with van der Waals surface area (Å²) in [5.41, 5.74) is 6.93. The van der Waals surface area contributed by atoms with Crippen molar-refractivity contribution in [3.63, 3.8) is 0 Å². The maximum absolute atomic E-state index is 11.0. The van der Waals surface area contributed by atoms with Gasteiger partial charge in [-0.25, -0.2) is 0 Å². The van der Waals surface area contributed by atoms with Gasteiger partial charge >= 0.3 is 5.97 Å². The molecular formula is C12H17NO3. The molecule has 2 N–H and O–H groups in total. The van der Waals surface area contributed by atoms with E-state index < -0.39 is 0 Å². The highest BCUT2D eigenvalue weighted by molar-refractivity contribution is 5.69. The molecule has 0 radical (unpaired) electrons. The van der Waals surface area contributed by atoms with Crippen LogP contribution in [0.2, 0.25) is 0 Å². The number of rotatable bonds is 5. The Bertz CT molecular complexity index is 335. The predicted octanol–water partition coefficient (Wildman–Crippen LogP) is 1.65. The van der Waals surface area contributed by atoms with Gasteiger partial charge in [-0.3, -0.25) is 4.79 Å². The first-order valence-corrected chi connectivity index (χ1v) is 5.13. The van der Waals surface area contributed by atoms with Crippen molar-refractivity contribution in [2.75, 3.05) is 14.2 Å². The van der Waals surface area contributed by atoms with Gasteiger partial charge in [0.15, 0.2) is 0 Å². The third-order valence-electron chi connectivity index (χ3n) is 2.43. The molecule has 0 aliphatic rings. The zero-order valence-electron chi connectivity index (χ0n) is 9.60. The standard InChI is InChI=1S/C12H17NO3/c1-15-10-5-3-9(4-6-10)11(13)7-8-12(14)16-2/h3-6,11H,7-8,13H2,1-2H3. The number of carbonyl (C=O) groups excluding carboxylic acids is 1. The van der Waals surface area contributed by atoms with Crippen LogP contribution >= 0.6 is 0 Å². The van der Waals surface area contributed by atoms with Crippen LogP contribution in [0, 0.1) is 0 Å². The SMILES string of the molecule is COC(=O)CCC(N)c1ccc(OC)cc1. The van der Waals surface area contributed by atoms with E-state index in [4.69, 9.17) is 10.5 Å². The highest BCUT2D eigenvalue weighted by Crippen LogP contribution is 2.19. The van der Waals surface area contributed by atoms with E-state index in [0.717, 1.165) is 11.3 Å². The molecule has 1 unspecified atom stereocenters. The van der Waals surface area contributed by atoms with E-state index in [-0.39, 0.29) is 12.0 Å².